The maximum absolute atomic E-state index is 5.47. The molecule has 0 saturated heterocycles. The SMILES string of the molecule is C=CCNC(=NCCn1cnnc1CC)N1CCc2cc(OC)c(OC)cc2C1.I. The molecule has 0 unspecified atom stereocenters. The molecule has 1 aromatic carbocycles. The predicted molar refractivity (Wildman–Crippen MR) is 129 cm³/mol. The van der Waals surface area contributed by atoms with Crippen LogP contribution >= 0.6 is 24.0 Å². The Balaban J connectivity index is 0.00000320. The molecule has 0 bridgehead atoms. The summed E-state index contributed by atoms with van der Waals surface area (Å²) in [5.74, 6) is 3.40. The van der Waals surface area contributed by atoms with E-state index in [1.54, 1.807) is 20.5 Å². The van der Waals surface area contributed by atoms with Crippen LogP contribution in [0.5, 0.6) is 11.5 Å². The van der Waals surface area contributed by atoms with E-state index in [2.05, 4.69) is 50.6 Å². The lowest BCUT2D eigenvalue weighted by atomic mass is 9.99. The summed E-state index contributed by atoms with van der Waals surface area (Å²) in [5, 5.41) is 11.5. The molecule has 3 rings (SSSR count). The molecule has 0 amide bonds. The molecule has 2 aromatic rings. The summed E-state index contributed by atoms with van der Waals surface area (Å²) < 4.78 is 13.0. The van der Waals surface area contributed by atoms with Gasteiger partial charge in [0, 0.05) is 32.6 Å². The van der Waals surface area contributed by atoms with Crippen LogP contribution in [0, 0.1) is 0 Å². The van der Waals surface area contributed by atoms with E-state index in [9.17, 15) is 0 Å². The highest BCUT2D eigenvalue weighted by Gasteiger charge is 2.21. The highest BCUT2D eigenvalue weighted by atomic mass is 127. The van der Waals surface area contributed by atoms with E-state index < -0.39 is 0 Å². The van der Waals surface area contributed by atoms with Crippen LogP contribution in [0.1, 0.15) is 23.9 Å². The van der Waals surface area contributed by atoms with Crippen molar-refractivity contribution >= 4 is 29.9 Å². The Morgan fingerprint density at radius 1 is 1.27 bits per heavy atom. The molecule has 0 spiro atoms. The molecule has 0 fully saturated rings. The van der Waals surface area contributed by atoms with Crippen LogP contribution in [0.2, 0.25) is 0 Å². The van der Waals surface area contributed by atoms with Crippen LogP contribution in [0.15, 0.2) is 36.1 Å². The van der Waals surface area contributed by atoms with Crippen molar-refractivity contribution in [1.29, 1.82) is 0 Å². The predicted octanol–water partition coefficient (Wildman–Crippen LogP) is 2.67. The number of fused-ring (bicyclic) bond motifs is 1. The molecule has 8 nitrogen and oxygen atoms in total. The van der Waals surface area contributed by atoms with Gasteiger partial charge in [-0.1, -0.05) is 13.0 Å². The van der Waals surface area contributed by atoms with Crippen LogP contribution in [0.25, 0.3) is 0 Å². The molecule has 1 N–H and O–H groups in total. The molecule has 2 heterocycles. The van der Waals surface area contributed by atoms with Gasteiger partial charge < -0.3 is 24.3 Å². The van der Waals surface area contributed by atoms with Crippen LogP contribution in [-0.4, -0.2) is 59.5 Å². The highest BCUT2D eigenvalue weighted by Crippen LogP contribution is 2.33. The van der Waals surface area contributed by atoms with E-state index in [1.807, 2.05) is 6.08 Å². The first-order valence-corrected chi connectivity index (χ1v) is 9.94. The Labute approximate surface area is 195 Å². The molecule has 0 atom stereocenters. The number of rotatable bonds is 8. The fourth-order valence-corrected chi connectivity index (χ4v) is 3.50. The zero-order valence-corrected chi connectivity index (χ0v) is 20.3. The first kappa shape index (κ1) is 24.0. The molecule has 1 aliphatic rings. The molecule has 1 aromatic heterocycles. The maximum atomic E-state index is 5.47. The molecule has 9 heteroatoms. The van der Waals surface area contributed by atoms with Crippen molar-refractivity contribution < 1.29 is 9.47 Å². The Morgan fingerprint density at radius 2 is 2.00 bits per heavy atom. The monoisotopic (exact) mass is 526 g/mol. The Kier molecular flexibility index (Phi) is 9.41. The number of aromatic nitrogens is 3. The number of methoxy groups -OCH3 is 2. The van der Waals surface area contributed by atoms with Crippen molar-refractivity contribution in [3.8, 4) is 11.5 Å². The summed E-state index contributed by atoms with van der Waals surface area (Å²) in [6.07, 6.45) is 5.40. The quantitative estimate of drug-likeness (QED) is 0.247. The molecular formula is C21H31IN6O2. The Hall–Kier alpha value is -2.30. The molecule has 164 valence electrons. The van der Waals surface area contributed by atoms with Crippen molar-refractivity contribution in [2.24, 2.45) is 4.99 Å². The van der Waals surface area contributed by atoms with Gasteiger partial charge in [-0.2, -0.15) is 0 Å². The van der Waals surface area contributed by atoms with Gasteiger partial charge in [-0.15, -0.1) is 40.8 Å². The number of nitrogens with zero attached hydrogens (tertiary/aromatic N) is 5. The van der Waals surface area contributed by atoms with Crippen molar-refractivity contribution in [2.75, 3.05) is 33.9 Å². The highest BCUT2D eigenvalue weighted by molar-refractivity contribution is 14.0. The minimum absolute atomic E-state index is 0. The summed E-state index contributed by atoms with van der Waals surface area (Å²) in [6, 6.07) is 4.15. The number of guanidine groups is 1. The van der Waals surface area contributed by atoms with E-state index in [-0.39, 0.29) is 24.0 Å². The lowest BCUT2D eigenvalue weighted by Gasteiger charge is -2.32. The Morgan fingerprint density at radius 3 is 2.67 bits per heavy atom. The third kappa shape index (κ3) is 5.65. The van der Waals surface area contributed by atoms with Crippen LogP contribution in [-0.2, 0) is 25.9 Å². The third-order valence-electron chi connectivity index (χ3n) is 5.04. The van der Waals surface area contributed by atoms with Crippen molar-refractivity contribution in [3.05, 3.63) is 48.1 Å². The molecular weight excluding hydrogens is 495 g/mol. The fourth-order valence-electron chi connectivity index (χ4n) is 3.50. The summed E-state index contributed by atoms with van der Waals surface area (Å²) in [6.45, 7) is 9.62. The smallest absolute Gasteiger partial charge is 0.194 e. The van der Waals surface area contributed by atoms with Gasteiger partial charge in [0.2, 0.25) is 0 Å². The number of hydrogen-bond donors (Lipinski definition) is 1. The van der Waals surface area contributed by atoms with Gasteiger partial charge in [-0.05, 0) is 29.7 Å². The minimum atomic E-state index is 0. The number of nitrogens with one attached hydrogen (secondary N) is 1. The van der Waals surface area contributed by atoms with Crippen molar-refractivity contribution in [3.63, 3.8) is 0 Å². The average molecular weight is 526 g/mol. The van der Waals surface area contributed by atoms with Crippen LogP contribution < -0.4 is 14.8 Å². The van der Waals surface area contributed by atoms with Crippen molar-refractivity contribution in [1.82, 2.24) is 25.0 Å². The Bertz CT molecular complexity index is 867. The van der Waals surface area contributed by atoms with E-state index in [0.717, 1.165) is 55.8 Å². The van der Waals surface area contributed by atoms with Crippen LogP contribution in [0.3, 0.4) is 0 Å². The largest absolute Gasteiger partial charge is 0.493 e. The normalized spacial score (nSPS) is 13.3. The summed E-state index contributed by atoms with van der Waals surface area (Å²) in [4.78, 5) is 7.10. The number of halogens is 1. The molecule has 30 heavy (non-hydrogen) atoms. The maximum Gasteiger partial charge on any atom is 0.194 e. The topological polar surface area (TPSA) is 76.8 Å². The van der Waals surface area contributed by atoms with Gasteiger partial charge in [0.1, 0.15) is 12.2 Å². The lowest BCUT2D eigenvalue weighted by molar-refractivity contribution is 0.346. The number of ether oxygens (including phenoxy) is 2. The van der Waals surface area contributed by atoms with E-state index in [4.69, 9.17) is 14.5 Å². The molecule has 1 aliphatic heterocycles. The van der Waals surface area contributed by atoms with Gasteiger partial charge in [-0.3, -0.25) is 4.99 Å². The summed E-state index contributed by atoms with van der Waals surface area (Å²) in [7, 11) is 3.34. The molecule has 0 aliphatic carbocycles. The van der Waals surface area contributed by atoms with Gasteiger partial charge in [0.25, 0.3) is 0 Å². The average Bonchev–Trinajstić information content (AvgIpc) is 3.22. The van der Waals surface area contributed by atoms with Gasteiger partial charge in [0.15, 0.2) is 17.5 Å². The van der Waals surface area contributed by atoms with E-state index in [1.165, 1.54) is 11.1 Å². The summed E-state index contributed by atoms with van der Waals surface area (Å²) >= 11 is 0. The second-order valence-corrected chi connectivity index (χ2v) is 6.82. The van der Waals surface area contributed by atoms with Gasteiger partial charge in [0.05, 0.1) is 20.8 Å². The second kappa shape index (κ2) is 11.8. The van der Waals surface area contributed by atoms with E-state index in [0.29, 0.717) is 13.1 Å². The third-order valence-corrected chi connectivity index (χ3v) is 5.04. The zero-order valence-electron chi connectivity index (χ0n) is 17.9. The minimum Gasteiger partial charge on any atom is -0.493 e. The van der Waals surface area contributed by atoms with Gasteiger partial charge >= 0.3 is 0 Å². The van der Waals surface area contributed by atoms with Crippen LogP contribution in [0.4, 0.5) is 0 Å². The molecule has 0 radical (unpaired) electrons. The number of aryl methyl sites for hydroxylation is 1. The van der Waals surface area contributed by atoms with E-state index >= 15 is 0 Å². The number of hydrogen-bond acceptors (Lipinski definition) is 5. The second-order valence-electron chi connectivity index (χ2n) is 6.82. The standard InChI is InChI=1S/C21H30N6O2.HI/c1-5-8-22-21(23-9-11-27-15-24-25-20(27)6-2)26-10-7-16-12-18(28-3)19(29-4)13-17(16)14-26;/h5,12-13,15H,1,6-11,14H2,2-4H3,(H,22,23);1H. The fraction of sp³-hybridized carbons (Fsp3) is 0.476. The van der Waals surface area contributed by atoms with Gasteiger partial charge in [-0.25, -0.2) is 0 Å². The summed E-state index contributed by atoms with van der Waals surface area (Å²) in [5.41, 5.74) is 2.52. The number of aliphatic imine (C=N–C) groups is 1. The first-order chi connectivity index (χ1) is 14.2. The lowest BCUT2D eigenvalue weighted by Crippen LogP contribution is -2.44. The zero-order chi connectivity index (χ0) is 20.6. The molecule has 0 saturated carbocycles. The first-order valence-electron chi connectivity index (χ1n) is 9.94. The number of benzene rings is 1. The van der Waals surface area contributed by atoms with Crippen molar-refractivity contribution in [2.45, 2.75) is 32.9 Å².